The molecule has 2 atom stereocenters. The third-order valence-corrected chi connectivity index (χ3v) is 11.6. The number of rotatable bonds is 22. The second kappa shape index (κ2) is 23.2. The van der Waals surface area contributed by atoms with Crippen LogP contribution in [0.25, 0.3) is 0 Å². The number of nitro groups is 1. The maximum Gasteiger partial charge on any atom is 0.337 e. The molecular formula is C53H60N4O6. The van der Waals surface area contributed by atoms with Gasteiger partial charge in [-0.1, -0.05) is 133 Å². The lowest BCUT2D eigenvalue weighted by atomic mass is 9.80. The van der Waals surface area contributed by atoms with E-state index in [4.69, 9.17) is 9.47 Å². The molecule has 1 heterocycles. The second-order valence-corrected chi connectivity index (χ2v) is 16.4. The van der Waals surface area contributed by atoms with Crippen molar-refractivity contribution >= 4 is 17.6 Å². The van der Waals surface area contributed by atoms with E-state index in [1.54, 1.807) is 26.0 Å². The molecule has 63 heavy (non-hydrogen) atoms. The molecule has 0 fully saturated rings. The molecule has 0 spiro atoms. The van der Waals surface area contributed by atoms with Crippen molar-refractivity contribution in [1.29, 1.82) is 0 Å². The number of non-ortho nitro benzene ring substituents is 1. The molecular weight excluding hydrogens is 789 g/mol. The summed E-state index contributed by atoms with van der Waals surface area (Å²) in [5, 5.41) is 22.0. The molecule has 0 aromatic heterocycles. The minimum absolute atomic E-state index is 0.152. The van der Waals surface area contributed by atoms with Crippen molar-refractivity contribution in [3.63, 3.8) is 0 Å². The number of carbonyl (C=O) groups excluding carboxylic acids is 2. The lowest BCUT2D eigenvalue weighted by Crippen LogP contribution is -2.36. The molecule has 10 heteroatoms. The van der Waals surface area contributed by atoms with Crippen LogP contribution in [0.4, 0.5) is 5.69 Å². The summed E-state index contributed by atoms with van der Waals surface area (Å²) in [4.78, 5) is 39.8. The number of dihydropyridines is 1. The number of nitrogens with one attached hydrogen (secondary N) is 3. The van der Waals surface area contributed by atoms with Crippen molar-refractivity contribution in [3.05, 3.63) is 206 Å². The zero-order chi connectivity index (χ0) is 44.6. The van der Waals surface area contributed by atoms with Crippen LogP contribution in [0.2, 0.25) is 0 Å². The Morgan fingerprint density at radius 3 is 1.35 bits per heavy atom. The smallest absolute Gasteiger partial charge is 0.337 e. The lowest BCUT2D eigenvalue weighted by molar-refractivity contribution is -0.384. The van der Waals surface area contributed by atoms with E-state index in [1.165, 1.54) is 34.4 Å². The summed E-state index contributed by atoms with van der Waals surface area (Å²) in [6.45, 7) is 9.43. The van der Waals surface area contributed by atoms with Crippen molar-refractivity contribution < 1.29 is 24.0 Å². The van der Waals surface area contributed by atoms with Crippen LogP contribution in [0.1, 0.15) is 98.9 Å². The Balaban J connectivity index is 1.07. The Kier molecular flexibility index (Phi) is 17.0. The Labute approximate surface area is 372 Å². The standard InChI is InChI=1S/C53H60N4O6/c1-37(35-54-32-18-30-47(41-20-9-5-10-21-41)42-22-11-6-12-23-42)62-52(58)49-39(3)56-40(4)50(51(49)45-28-17-29-46(34-45)57(60)61)53(59)63-38(2)36-55-33-19-31-48(43-24-13-7-14-25-43)44-26-15-8-16-27-44/h5-17,20-29,34,37-38,47-48,51,54-56H,18-19,30-33,35-36H2,1-4H3. The molecule has 1 aliphatic heterocycles. The van der Waals surface area contributed by atoms with E-state index in [0.717, 1.165) is 38.8 Å². The van der Waals surface area contributed by atoms with E-state index in [2.05, 4.69) is 113 Å². The minimum atomic E-state index is -0.965. The first-order valence-corrected chi connectivity index (χ1v) is 22.1. The molecule has 1 aliphatic rings. The lowest BCUT2D eigenvalue weighted by Gasteiger charge is -2.31. The highest BCUT2D eigenvalue weighted by Crippen LogP contribution is 2.40. The summed E-state index contributed by atoms with van der Waals surface area (Å²) >= 11 is 0. The van der Waals surface area contributed by atoms with Crippen LogP contribution in [-0.2, 0) is 19.1 Å². The van der Waals surface area contributed by atoms with Gasteiger partial charge in [0.05, 0.1) is 22.0 Å². The molecule has 3 N–H and O–H groups in total. The molecule has 5 aromatic rings. The van der Waals surface area contributed by atoms with Crippen molar-refractivity contribution in [2.24, 2.45) is 0 Å². The summed E-state index contributed by atoms with van der Waals surface area (Å²) in [6, 6.07) is 48.1. The molecule has 0 saturated carbocycles. The number of nitrogens with zero attached hydrogens (tertiary/aromatic N) is 1. The summed E-state index contributed by atoms with van der Waals surface area (Å²) in [5.74, 6) is -1.66. The predicted molar refractivity (Wildman–Crippen MR) is 249 cm³/mol. The fourth-order valence-electron chi connectivity index (χ4n) is 8.53. The van der Waals surface area contributed by atoms with Gasteiger partial charge in [0, 0.05) is 48.5 Å². The predicted octanol–water partition coefficient (Wildman–Crippen LogP) is 10.1. The fourth-order valence-corrected chi connectivity index (χ4v) is 8.53. The first-order valence-electron chi connectivity index (χ1n) is 22.1. The first kappa shape index (κ1) is 46.2. The van der Waals surface area contributed by atoms with E-state index < -0.39 is 35.0 Å². The van der Waals surface area contributed by atoms with Crippen LogP contribution >= 0.6 is 0 Å². The molecule has 10 nitrogen and oxygen atoms in total. The Hall–Kier alpha value is -6.36. The summed E-state index contributed by atoms with van der Waals surface area (Å²) < 4.78 is 12.1. The highest BCUT2D eigenvalue weighted by atomic mass is 16.6. The van der Waals surface area contributed by atoms with Gasteiger partial charge >= 0.3 is 11.9 Å². The maximum atomic E-state index is 14.2. The molecule has 0 amide bonds. The number of esters is 2. The van der Waals surface area contributed by atoms with Crippen LogP contribution in [0.15, 0.2) is 168 Å². The summed E-state index contributed by atoms with van der Waals surface area (Å²) in [7, 11) is 0. The van der Waals surface area contributed by atoms with Gasteiger partial charge in [-0.3, -0.25) is 10.1 Å². The van der Waals surface area contributed by atoms with E-state index in [1.807, 2.05) is 38.1 Å². The van der Waals surface area contributed by atoms with Gasteiger partial charge in [-0.05, 0) is 94.3 Å². The van der Waals surface area contributed by atoms with Gasteiger partial charge in [0.2, 0.25) is 0 Å². The Bertz CT molecular complexity index is 2100. The van der Waals surface area contributed by atoms with Crippen LogP contribution in [-0.4, -0.2) is 55.2 Å². The average molecular weight is 849 g/mol. The first-order chi connectivity index (χ1) is 30.6. The number of allylic oxidation sites excluding steroid dienone is 2. The Morgan fingerprint density at radius 1 is 0.603 bits per heavy atom. The summed E-state index contributed by atoms with van der Waals surface area (Å²) in [5.41, 5.74) is 6.75. The minimum Gasteiger partial charge on any atom is -0.458 e. The van der Waals surface area contributed by atoms with Gasteiger partial charge in [-0.25, -0.2) is 9.59 Å². The van der Waals surface area contributed by atoms with Crippen molar-refractivity contribution in [3.8, 4) is 0 Å². The second-order valence-electron chi connectivity index (χ2n) is 16.4. The zero-order valence-electron chi connectivity index (χ0n) is 36.8. The largest absolute Gasteiger partial charge is 0.458 e. The zero-order valence-corrected chi connectivity index (χ0v) is 36.8. The van der Waals surface area contributed by atoms with Gasteiger partial charge in [-0.15, -0.1) is 0 Å². The van der Waals surface area contributed by atoms with Gasteiger partial charge in [-0.2, -0.15) is 0 Å². The Morgan fingerprint density at radius 2 is 0.984 bits per heavy atom. The number of nitro benzene ring substituents is 1. The molecule has 0 aliphatic carbocycles. The summed E-state index contributed by atoms with van der Waals surface area (Å²) in [6.07, 6.45) is 2.69. The maximum absolute atomic E-state index is 14.2. The van der Waals surface area contributed by atoms with E-state index in [9.17, 15) is 19.7 Å². The fraction of sp³-hybridized carbons (Fsp3) is 0.321. The van der Waals surface area contributed by atoms with Crippen molar-refractivity contribution in [2.75, 3.05) is 26.2 Å². The molecule has 0 saturated heterocycles. The van der Waals surface area contributed by atoms with Crippen LogP contribution in [0.5, 0.6) is 0 Å². The monoisotopic (exact) mass is 848 g/mol. The van der Waals surface area contributed by atoms with Gasteiger partial charge in [0.15, 0.2) is 0 Å². The topological polar surface area (TPSA) is 132 Å². The average Bonchev–Trinajstić information content (AvgIpc) is 3.29. The van der Waals surface area contributed by atoms with Gasteiger partial charge in [0.1, 0.15) is 12.2 Å². The third kappa shape index (κ3) is 12.8. The quantitative estimate of drug-likeness (QED) is 0.0270. The van der Waals surface area contributed by atoms with Gasteiger partial charge in [0.25, 0.3) is 5.69 Å². The SMILES string of the molecule is CC1=C(C(=O)OC(C)CNCCCC(c2ccccc2)c2ccccc2)C(c2cccc([N+](=O)[O-])c2)C(C(=O)OC(C)CNCCCC(c2ccccc2)c2ccccc2)=C(C)N1. The van der Waals surface area contributed by atoms with Crippen LogP contribution < -0.4 is 16.0 Å². The molecule has 328 valence electrons. The van der Waals surface area contributed by atoms with E-state index >= 15 is 0 Å². The molecule has 5 aromatic carbocycles. The molecule has 6 rings (SSSR count). The third-order valence-electron chi connectivity index (χ3n) is 11.6. The molecule has 0 radical (unpaired) electrons. The van der Waals surface area contributed by atoms with Crippen molar-refractivity contribution in [1.82, 2.24) is 16.0 Å². The van der Waals surface area contributed by atoms with E-state index in [0.29, 0.717) is 30.0 Å². The van der Waals surface area contributed by atoms with E-state index in [-0.39, 0.29) is 28.7 Å². The van der Waals surface area contributed by atoms with Crippen molar-refractivity contribution in [2.45, 2.75) is 83.3 Å². The molecule has 2 unspecified atom stereocenters. The number of hydrogen-bond donors (Lipinski definition) is 3. The van der Waals surface area contributed by atoms with Crippen LogP contribution in [0.3, 0.4) is 0 Å². The van der Waals surface area contributed by atoms with Crippen LogP contribution in [0, 0.1) is 10.1 Å². The number of benzene rings is 5. The number of ether oxygens (including phenoxy) is 2. The molecule has 0 bridgehead atoms. The highest BCUT2D eigenvalue weighted by Gasteiger charge is 2.39. The highest BCUT2D eigenvalue weighted by molar-refractivity contribution is 6.00. The number of hydrogen-bond acceptors (Lipinski definition) is 9. The normalized spacial score (nSPS) is 14.9. The number of carbonyl (C=O) groups is 2. The van der Waals surface area contributed by atoms with Gasteiger partial charge < -0.3 is 25.4 Å².